The summed E-state index contributed by atoms with van der Waals surface area (Å²) < 4.78 is 1.56. The highest BCUT2D eigenvalue weighted by Crippen LogP contribution is 2.31. The topological polar surface area (TPSA) is 67.2 Å². The van der Waals surface area contributed by atoms with Gasteiger partial charge in [0.15, 0.2) is 0 Å². The van der Waals surface area contributed by atoms with E-state index in [1.54, 1.807) is 17.8 Å². The Labute approximate surface area is 139 Å². The highest BCUT2D eigenvalue weighted by atomic mass is 35.5. The minimum absolute atomic E-state index is 0.273. The number of hydrogen-bond acceptors (Lipinski definition) is 3. The highest BCUT2D eigenvalue weighted by Gasteiger charge is 2.31. The molecule has 1 aromatic heterocycles. The molecule has 2 N–H and O–H groups in total. The molecule has 120 valence electrons. The lowest BCUT2D eigenvalue weighted by Crippen LogP contribution is -2.32. The number of aromatic nitrogens is 2. The van der Waals surface area contributed by atoms with E-state index < -0.39 is 6.10 Å². The van der Waals surface area contributed by atoms with Gasteiger partial charge in [-0.05, 0) is 24.1 Å². The number of benzene rings is 1. The van der Waals surface area contributed by atoms with Crippen LogP contribution in [0, 0.1) is 6.92 Å². The van der Waals surface area contributed by atoms with Crippen molar-refractivity contribution in [3.63, 3.8) is 0 Å². The Bertz CT molecular complexity index is 782. The van der Waals surface area contributed by atoms with Gasteiger partial charge in [0, 0.05) is 25.1 Å². The average Bonchev–Trinajstić information content (AvgIpc) is 2.95. The second-order valence-corrected chi connectivity index (χ2v) is 6.06. The van der Waals surface area contributed by atoms with Crippen molar-refractivity contribution in [1.29, 1.82) is 0 Å². The van der Waals surface area contributed by atoms with E-state index in [-0.39, 0.29) is 11.9 Å². The van der Waals surface area contributed by atoms with Gasteiger partial charge >= 0.3 is 0 Å². The molecule has 1 aliphatic rings. The van der Waals surface area contributed by atoms with Gasteiger partial charge in [0.1, 0.15) is 5.15 Å². The Morgan fingerprint density at radius 2 is 2.22 bits per heavy atom. The first-order valence-electron chi connectivity index (χ1n) is 7.41. The molecule has 0 unspecified atom stereocenters. The van der Waals surface area contributed by atoms with Gasteiger partial charge in [-0.1, -0.05) is 35.9 Å². The van der Waals surface area contributed by atoms with Crippen molar-refractivity contribution < 1.29 is 9.90 Å². The number of halogens is 1. The minimum Gasteiger partial charge on any atom is -0.390 e. The summed E-state index contributed by atoms with van der Waals surface area (Å²) in [4.78, 5) is 12.2. The lowest BCUT2D eigenvalue weighted by atomic mass is 10.1. The number of amides is 1. The first kappa shape index (κ1) is 15.8. The summed E-state index contributed by atoms with van der Waals surface area (Å²) in [7, 11) is 1.75. The van der Waals surface area contributed by atoms with E-state index in [1.165, 1.54) is 6.08 Å². The van der Waals surface area contributed by atoms with Crippen LogP contribution in [0.5, 0.6) is 0 Å². The van der Waals surface area contributed by atoms with Gasteiger partial charge in [-0.15, -0.1) is 0 Å². The number of nitrogens with one attached hydrogen (secondary N) is 1. The van der Waals surface area contributed by atoms with Gasteiger partial charge in [-0.3, -0.25) is 9.48 Å². The van der Waals surface area contributed by atoms with Crippen molar-refractivity contribution in [3.05, 3.63) is 57.9 Å². The lowest BCUT2D eigenvalue weighted by molar-refractivity contribution is -0.117. The summed E-state index contributed by atoms with van der Waals surface area (Å²) in [6, 6.07) is 7.36. The van der Waals surface area contributed by atoms with Gasteiger partial charge in [-0.2, -0.15) is 5.10 Å². The van der Waals surface area contributed by atoms with E-state index in [1.807, 2.05) is 31.2 Å². The van der Waals surface area contributed by atoms with Crippen LogP contribution in [0.2, 0.25) is 5.15 Å². The zero-order valence-corrected chi connectivity index (χ0v) is 13.7. The Kier molecular flexibility index (Phi) is 4.24. The Morgan fingerprint density at radius 1 is 1.48 bits per heavy atom. The Balaban J connectivity index is 1.74. The number of nitrogens with zero attached hydrogens (tertiary/aromatic N) is 2. The fraction of sp³-hybridized carbons (Fsp3) is 0.294. The van der Waals surface area contributed by atoms with Gasteiger partial charge in [0.2, 0.25) is 5.91 Å². The van der Waals surface area contributed by atoms with Gasteiger partial charge in [-0.25, -0.2) is 0 Å². The van der Waals surface area contributed by atoms with Crippen molar-refractivity contribution in [3.8, 4) is 0 Å². The van der Waals surface area contributed by atoms with Crippen LogP contribution < -0.4 is 5.32 Å². The second kappa shape index (κ2) is 6.18. The quantitative estimate of drug-likeness (QED) is 0.847. The van der Waals surface area contributed by atoms with E-state index >= 15 is 0 Å². The summed E-state index contributed by atoms with van der Waals surface area (Å²) in [5.41, 5.74) is 3.52. The molecule has 0 radical (unpaired) electrons. The highest BCUT2D eigenvalue weighted by molar-refractivity contribution is 6.31. The molecule has 5 nitrogen and oxygen atoms in total. The van der Waals surface area contributed by atoms with Crippen LogP contribution in [0.1, 0.15) is 28.4 Å². The molecule has 0 bridgehead atoms. The van der Waals surface area contributed by atoms with Crippen LogP contribution in [0.15, 0.2) is 30.3 Å². The number of hydrogen-bond donors (Lipinski definition) is 2. The van der Waals surface area contributed by atoms with Crippen molar-refractivity contribution in [2.75, 3.05) is 0 Å². The molecule has 0 aliphatic heterocycles. The van der Waals surface area contributed by atoms with E-state index in [0.29, 0.717) is 11.6 Å². The molecule has 3 rings (SSSR count). The van der Waals surface area contributed by atoms with E-state index in [9.17, 15) is 9.90 Å². The second-order valence-electron chi connectivity index (χ2n) is 5.70. The number of fused-ring (bicyclic) bond motifs is 1. The summed E-state index contributed by atoms with van der Waals surface area (Å²) in [5, 5.41) is 17.7. The number of aryl methyl sites for hydroxylation is 2. The molecule has 1 aromatic carbocycles. The van der Waals surface area contributed by atoms with E-state index in [2.05, 4.69) is 10.4 Å². The van der Waals surface area contributed by atoms with Crippen LogP contribution in [0.3, 0.4) is 0 Å². The van der Waals surface area contributed by atoms with Crippen molar-refractivity contribution >= 4 is 23.6 Å². The van der Waals surface area contributed by atoms with Crippen molar-refractivity contribution in [2.45, 2.75) is 25.5 Å². The molecule has 0 saturated heterocycles. The monoisotopic (exact) mass is 331 g/mol. The number of aliphatic hydroxyl groups is 1. The molecule has 2 aromatic rings. The first-order chi connectivity index (χ1) is 11.0. The maximum atomic E-state index is 12.2. The zero-order valence-electron chi connectivity index (χ0n) is 13.0. The normalized spacial score (nSPS) is 20.0. The molecule has 0 spiro atoms. The summed E-state index contributed by atoms with van der Waals surface area (Å²) in [6.07, 6.45) is 3.02. The third-order valence-electron chi connectivity index (χ3n) is 4.10. The maximum absolute atomic E-state index is 12.2. The number of carbonyl (C=O) groups is 1. The molecular weight excluding hydrogens is 314 g/mol. The molecule has 0 saturated carbocycles. The predicted molar refractivity (Wildman–Crippen MR) is 89.0 cm³/mol. The van der Waals surface area contributed by atoms with Gasteiger partial charge < -0.3 is 10.4 Å². The van der Waals surface area contributed by atoms with Gasteiger partial charge in [0.25, 0.3) is 0 Å². The third kappa shape index (κ3) is 3.02. The SMILES string of the molecule is Cc1nn(C)c(Cl)c1/C=C/C(=O)N[C@H]1c2ccccc2C[C@H]1O. The van der Waals surface area contributed by atoms with Crippen molar-refractivity contribution in [1.82, 2.24) is 15.1 Å². The standard InChI is InChI=1S/C17H18ClN3O2/c1-10-12(17(18)21(2)20-10)7-8-15(23)19-16-13-6-4-3-5-11(13)9-14(16)22/h3-8,14,16,22H,9H2,1-2H3,(H,19,23)/b8-7+/t14-,16+/m1/s1. The molecule has 1 aliphatic carbocycles. The molecular formula is C17H18ClN3O2. The van der Waals surface area contributed by atoms with Crippen LogP contribution in [-0.2, 0) is 18.3 Å². The van der Waals surface area contributed by atoms with E-state index in [0.717, 1.165) is 22.4 Å². The van der Waals surface area contributed by atoms with Crippen LogP contribution in [-0.4, -0.2) is 26.9 Å². The number of rotatable bonds is 3. The third-order valence-corrected chi connectivity index (χ3v) is 4.55. The Morgan fingerprint density at radius 3 is 2.91 bits per heavy atom. The molecule has 1 amide bonds. The zero-order chi connectivity index (χ0) is 16.6. The summed E-state index contributed by atoms with van der Waals surface area (Å²) in [5.74, 6) is -0.273. The van der Waals surface area contributed by atoms with Crippen molar-refractivity contribution in [2.24, 2.45) is 7.05 Å². The largest absolute Gasteiger partial charge is 0.390 e. The van der Waals surface area contributed by atoms with Crippen LogP contribution in [0.25, 0.3) is 6.08 Å². The minimum atomic E-state index is -0.603. The lowest BCUT2D eigenvalue weighted by Gasteiger charge is -2.16. The van der Waals surface area contributed by atoms with Crippen LogP contribution >= 0.6 is 11.6 Å². The van der Waals surface area contributed by atoms with Crippen LogP contribution in [0.4, 0.5) is 0 Å². The van der Waals surface area contributed by atoms with E-state index in [4.69, 9.17) is 11.6 Å². The molecule has 23 heavy (non-hydrogen) atoms. The Hall–Kier alpha value is -2.11. The maximum Gasteiger partial charge on any atom is 0.244 e. The number of carbonyl (C=O) groups excluding carboxylic acids is 1. The summed E-state index contributed by atoms with van der Waals surface area (Å²) in [6.45, 7) is 1.83. The number of aliphatic hydroxyl groups excluding tert-OH is 1. The molecule has 1 heterocycles. The molecule has 6 heteroatoms. The fourth-order valence-electron chi connectivity index (χ4n) is 2.94. The molecule has 0 fully saturated rings. The fourth-order valence-corrected chi connectivity index (χ4v) is 3.18. The average molecular weight is 332 g/mol. The summed E-state index contributed by atoms with van der Waals surface area (Å²) >= 11 is 6.14. The first-order valence-corrected chi connectivity index (χ1v) is 7.78. The smallest absolute Gasteiger partial charge is 0.244 e. The predicted octanol–water partition coefficient (Wildman–Crippen LogP) is 2.17. The van der Waals surface area contributed by atoms with Gasteiger partial charge in [0.05, 0.1) is 17.8 Å². The molecule has 2 atom stereocenters.